The lowest BCUT2D eigenvalue weighted by Gasteiger charge is -2.36. The van der Waals surface area contributed by atoms with E-state index in [2.05, 4.69) is 17.1 Å². The van der Waals surface area contributed by atoms with E-state index < -0.39 is 5.60 Å². The van der Waals surface area contributed by atoms with E-state index in [-0.39, 0.29) is 12.0 Å². The van der Waals surface area contributed by atoms with Crippen LogP contribution < -0.4 is 4.90 Å². The maximum atomic E-state index is 12.6. The monoisotopic (exact) mass is 475 g/mol. The molecule has 0 radical (unpaired) electrons. The van der Waals surface area contributed by atoms with E-state index >= 15 is 0 Å². The van der Waals surface area contributed by atoms with Gasteiger partial charge in [0.05, 0.1) is 5.56 Å². The van der Waals surface area contributed by atoms with Crippen LogP contribution in [0.2, 0.25) is 0 Å². The Hall–Kier alpha value is -3.60. The van der Waals surface area contributed by atoms with Crippen molar-refractivity contribution in [2.45, 2.75) is 45.1 Å². The zero-order chi connectivity index (χ0) is 25.3. The molecular weight excluding hydrogens is 442 g/mol. The Balaban J connectivity index is 1.53. The lowest BCUT2D eigenvalue weighted by molar-refractivity contribution is 0.0240. The summed E-state index contributed by atoms with van der Waals surface area (Å²) in [5.74, 6) is 1.05. The number of carbonyl (C=O) groups excluding carboxylic acids is 2. The molecule has 1 aliphatic carbocycles. The molecule has 1 saturated heterocycles. The minimum Gasteiger partial charge on any atom is -0.444 e. The molecule has 8 heteroatoms. The highest BCUT2D eigenvalue weighted by Gasteiger charge is 2.30. The second-order valence-electron chi connectivity index (χ2n) is 10.4. The van der Waals surface area contributed by atoms with Crippen molar-refractivity contribution in [3.8, 4) is 17.2 Å². The van der Waals surface area contributed by atoms with Crippen molar-refractivity contribution in [3.05, 3.63) is 47.2 Å². The van der Waals surface area contributed by atoms with E-state index in [1.807, 2.05) is 43.9 Å². The van der Waals surface area contributed by atoms with E-state index in [0.717, 1.165) is 35.1 Å². The molecule has 2 fully saturated rings. The van der Waals surface area contributed by atoms with Gasteiger partial charge in [-0.1, -0.05) is 12.1 Å². The Morgan fingerprint density at radius 2 is 1.77 bits per heavy atom. The third-order valence-electron chi connectivity index (χ3n) is 6.26. The molecule has 1 aromatic carbocycles. The number of aromatic nitrogens is 1. The molecule has 1 aromatic heterocycles. The highest BCUT2D eigenvalue weighted by Crippen LogP contribution is 2.43. The summed E-state index contributed by atoms with van der Waals surface area (Å²) in [5, 5.41) is 9.87. The van der Waals surface area contributed by atoms with Gasteiger partial charge in [0.1, 0.15) is 17.5 Å². The SMILES string of the molecule is CN(C)C(=O)c1ccc(-c2cnc(N3CCN(C(=O)OC(C)(C)C)CC3)c(C#N)c2)cc1C1CC1. The zero-order valence-corrected chi connectivity index (χ0v) is 21.2. The number of carbonyl (C=O) groups is 2. The highest BCUT2D eigenvalue weighted by atomic mass is 16.6. The molecule has 2 amide bonds. The smallest absolute Gasteiger partial charge is 0.410 e. The third kappa shape index (κ3) is 5.56. The van der Waals surface area contributed by atoms with Gasteiger partial charge in [-0.3, -0.25) is 4.79 Å². The minimum atomic E-state index is -0.531. The topological polar surface area (TPSA) is 89.8 Å². The van der Waals surface area contributed by atoms with Crippen molar-refractivity contribution < 1.29 is 14.3 Å². The molecule has 4 rings (SSSR count). The van der Waals surface area contributed by atoms with Crippen LogP contribution in [0.5, 0.6) is 0 Å². The number of benzene rings is 1. The van der Waals surface area contributed by atoms with Crippen molar-refractivity contribution in [2.75, 3.05) is 45.2 Å². The molecule has 1 saturated carbocycles. The number of anilines is 1. The number of rotatable bonds is 4. The molecule has 0 spiro atoms. The number of pyridine rings is 1. The van der Waals surface area contributed by atoms with Crippen LogP contribution in [-0.4, -0.2) is 72.7 Å². The number of nitrogens with zero attached hydrogens (tertiary/aromatic N) is 5. The summed E-state index contributed by atoms with van der Waals surface area (Å²) in [7, 11) is 3.53. The van der Waals surface area contributed by atoms with Crippen LogP contribution in [0.15, 0.2) is 30.5 Å². The second-order valence-corrected chi connectivity index (χ2v) is 10.4. The zero-order valence-electron chi connectivity index (χ0n) is 21.2. The second kappa shape index (κ2) is 9.57. The summed E-state index contributed by atoms with van der Waals surface area (Å²) in [4.78, 5) is 35.0. The first-order valence-corrected chi connectivity index (χ1v) is 12.1. The standard InChI is InChI=1S/C27H33N5O3/c1-27(2,3)35-26(34)32-12-10-31(11-13-32)24-20(16-28)14-21(17-29-24)19-8-9-22(25(33)30(4)5)23(15-19)18-6-7-18/h8-9,14-15,17-18H,6-7,10-13H2,1-5H3. The van der Waals surface area contributed by atoms with E-state index in [0.29, 0.717) is 43.5 Å². The molecule has 8 nitrogen and oxygen atoms in total. The van der Waals surface area contributed by atoms with Crippen LogP contribution in [0.25, 0.3) is 11.1 Å². The molecule has 0 N–H and O–H groups in total. The van der Waals surface area contributed by atoms with Crippen LogP contribution in [0, 0.1) is 11.3 Å². The van der Waals surface area contributed by atoms with Gasteiger partial charge in [0.15, 0.2) is 0 Å². The van der Waals surface area contributed by atoms with Crippen LogP contribution >= 0.6 is 0 Å². The largest absolute Gasteiger partial charge is 0.444 e. The molecule has 35 heavy (non-hydrogen) atoms. The van der Waals surface area contributed by atoms with Crippen molar-refractivity contribution in [1.29, 1.82) is 5.26 Å². The Bertz CT molecular complexity index is 1170. The maximum absolute atomic E-state index is 12.6. The first kappa shape index (κ1) is 24.5. The first-order chi connectivity index (χ1) is 16.6. The summed E-state index contributed by atoms with van der Waals surface area (Å²) in [5.41, 5.74) is 3.58. The predicted molar refractivity (Wildman–Crippen MR) is 134 cm³/mol. The van der Waals surface area contributed by atoms with Crippen LogP contribution in [0.4, 0.5) is 10.6 Å². The van der Waals surface area contributed by atoms with Gasteiger partial charge in [-0.2, -0.15) is 5.26 Å². The van der Waals surface area contributed by atoms with Gasteiger partial charge >= 0.3 is 6.09 Å². The van der Waals surface area contributed by atoms with Crippen LogP contribution in [0.1, 0.15) is 61.0 Å². The Labute approximate surface area is 207 Å². The fourth-order valence-electron chi connectivity index (χ4n) is 4.29. The van der Waals surface area contributed by atoms with Crippen molar-refractivity contribution in [2.24, 2.45) is 0 Å². The molecule has 0 bridgehead atoms. The Morgan fingerprint density at radius 1 is 1.09 bits per heavy atom. The fraction of sp³-hybridized carbons (Fsp3) is 0.481. The first-order valence-electron chi connectivity index (χ1n) is 12.1. The molecule has 1 aliphatic heterocycles. The number of piperazine rings is 1. The van der Waals surface area contributed by atoms with E-state index in [1.165, 1.54) is 0 Å². The number of nitriles is 1. The molecule has 0 atom stereocenters. The average Bonchev–Trinajstić information content (AvgIpc) is 3.67. The van der Waals surface area contributed by atoms with Gasteiger partial charge in [-0.15, -0.1) is 0 Å². The maximum Gasteiger partial charge on any atom is 0.410 e. The minimum absolute atomic E-state index is 0.00941. The van der Waals surface area contributed by atoms with Gasteiger partial charge in [0.25, 0.3) is 5.91 Å². The number of hydrogen-bond acceptors (Lipinski definition) is 6. The molecular formula is C27H33N5O3. The van der Waals surface area contributed by atoms with Gasteiger partial charge < -0.3 is 19.4 Å². The summed E-state index contributed by atoms with van der Waals surface area (Å²) in [6, 6.07) is 10.1. The third-order valence-corrected chi connectivity index (χ3v) is 6.26. The van der Waals surface area contributed by atoms with Gasteiger partial charge in [0.2, 0.25) is 0 Å². The van der Waals surface area contributed by atoms with Gasteiger partial charge in [0, 0.05) is 57.6 Å². The van der Waals surface area contributed by atoms with Crippen molar-refractivity contribution >= 4 is 17.8 Å². The predicted octanol–water partition coefficient (Wildman–Crippen LogP) is 4.26. The van der Waals surface area contributed by atoms with E-state index in [4.69, 9.17) is 4.74 Å². The summed E-state index contributed by atoms with van der Waals surface area (Å²) < 4.78 is 5.47. The summed E-state index contributed by atoms with van der Waals surface area (Å²) in [6.45, 7) is 7.73. The highest BCUT2D eigenvalue weighted by molar-refractivity contribution is 5.96. The lowest BCUT2D eigenvalue weighted by atomic mass is 9.96. The van der Waals surface area contributed by atoms with E-state index in [9.17, 15) is 14.9 Å². The molecule has 2 aliphatic rings. The van der Waals surface area contributed by atoms with Crippen molar-refractivity contribution in [3.63, 3.8) is 0 Å². The van der Waals surface area contributed by atoms with Gasteiger partial charge in [-0.25, -0.2) is 9.78 Å². The van der Waals surface area contributed by atoms with Gasteiger partial charge in [-0.05, 0) is 62.8 Å². The summed E-state index contributed by atoms with van der Waals surface area (Å²) >= 11 is 0. The number of amides is 2. The molecule has 184 valence electrons. The molecule has 0 unspecified atom stereocenters. The van der Waals surface area contributed by atoms with E-state index in [1.54, 1.807) is 30.1 Å². The van der Waals surface area contributed by atoms with Crippen LogP contribution in [-0.2, 0) is 4.74 Å². The van der Waals surface area contributed by atoms with Crippen molar-refractivity contribution in [1.82, 2.24) is 14.8 Å². The summed E-state index contributed by atoms with van der Waals surface area (Å²) in [6.07, 6.45) is 3.65. The molecule has 2 heterocycles. The van der Waals surface area contributed by atoms with Crippen LogP contribution in [0.3, 0.4) is 0 Å². The Morgan fingerprint density at radius 3 is 2.34 bits per heavy atom. The fourth-order valence-corrected chi connectivity index (χ4v) is 4.29. The average molecular weight is 476 g/mol. The number of hydrogen-bond donors (Lipinski definition) is 0. The number of ether oxygens (including phenoxy) is 1. The lowest BCUT2D eigenvalue weighted by Crippen LogP contribution is -2.50. The molecule has 2 aromatic rings. The quantitative estimate of drug-likeness (QED) is 0.657. The normalized spacial score (nSPS) is 16.0. The Kier molecular flexibility index (Phi) is 6.70.